The Morgan fingerprint density at radius 2 is 1.30 bits per heavy atom. The average molecular weight is 673 g/mol. The Hall–Kier alpha value is -3.71. The molecule has 2 aliphatic rings. The van der Waals surface area contributed by atoms with E-state index in [1.807, 2.05) is 0 Å². The van der Waals surface area contributed by atoms with Gasteiger partial charge in [0, 0.05) is 14.2 Å². The molecule has 4 aromatic heterocycles. The first kappa shape index (κ1) is 33.6. The minimum absolute atomic E-state index is 0.00738. The summed E-state index contributed by atoms with van der Waals surface area (Å²) in [4.78, 5) is 38.1. The van der Waals surface area contributed by atoms with Crippen LogP contribution in [0.4, 0.5) is 23.5 Å². The molecule has 2 fully saturated rings. The van der Waals surface area contributed by atoms with E-state index in [-0.39, 0.29) is 35.8 Å². The number of anilines is 4. The van der Waals surface area contributed by atoms with E-state index in [9.17, 15) is 20.2 Å². The number of nitrogen functional groups attached to an aromatic ring is 4. The van der Waals surface area contributed by atoms with Crippen molar-refractivity contribution < 1.29 is 53.8 Å². The van der Waals surface area contributed by atoms with Gasteiger partial charge in [0.25, 0.3) is 0 Å². The number of rotatable bonds is 9. The smallest absolute Gasteiger partial charge is 0.232 e. The van der Waals surface area contributed by atoms with E-state index >= 15 is 0 Å². The largest absolute Gasteiger partial charge is 0.394 e. The van der Waals surface area contributed by atoms with Gasteiger partial charge in [-0.25, -0.2) is 9.97 Å². The quantitative estimate of drug-likeness (QED) is 0.0477. The van der Waals surface area contributed by atoms with E-state index in [4.69, 9.17) is 51.9 Å². The highest BCUT2D eigenvalue weighted by molar-refractivity contribution is 7.45. The number of fused-ring (bicyclic) bond motifs is 2. The van der Waals surface area contributed by atoms with Gasteiger partial charge in [0.2, 0.25) is 26.6 Å². The normalized spacial score (nSPS) is 28.5. The lowest BCUT2D eigenvalue weighted by Gasteiger charge is -2.19. The third-order valence-corrected chi connectivity index (χ3v) is 7.53. The van der Waals surface area contributed by atoms with E-state index in [1.54, 1.807) is 4.57 Å². The second-order valence-electron chi connectivity index (χ2n) is 9.77. The van der Waals surface area contributed by atoms with Gasteiger partial charge >= 0.3 is 0 Å². The minimum atomic E-state index is -2.20. The van der Waals surface area contributed by atoms with Gasteiger partial charge in [-0.05, 0) is 0 Å². The van der Waals surface area contributed by atoms with Crippen molar-refractivity contribution in [3.63, 3.8) is 0 Å². The number of aromatic nitrogens is 8. The number of imidazole rings is 2. The molecule has 0 amide bonds. The summed E-state index contributed by atoms with van der Waals surface area (Å²) in [6.07, 6.45) is -5.22. The maximum absolute atomic E-state index is 10.3. The van der Waals surface area contributed by atoms with E-state index in [0.717, 1.165) is 0 Å². The lowest BCUT2D eigenvalue weighted by Crippen LogP contribution is -2.34. The number of methoxy groups -OCH3 is 2. The Bertz CT molecular complexity index is 1650. The maximum Gasteiger partial charge on any atom is 0.232 e. The lowest BCUT2D eigenvalue weighted by molar-refractivity contribution is -0.332. The van der Waals surface area contributed by atoms with Gasteiger partial charge in [-0.2, -0.15) is 29.5 Å². The molecule has 2 saturated heterocycles. The Kier molecular flexibility index (Phi) is 10.2. The zero-order valence-corrected chi connectivity index (χ0v) is 25.1. The van der Waals surface area contributed by atoms with Crippen molar-refractivity contribution >= 4 is 54.2 Å². The number of nitrogens with zero attached hydrogens (tertiary/aromatic N) is 8. The SMILES string of the molecule is COC1[C@@H](O)[C@@H](CO)O[C@H]1n1cnc2c(N)nc(N)nc21.COC1[C@@H](O)[C@@H](OOP(O)CO)O[C@H]1n1cnc2c(N)nc(N)nc21. The fourth-order valence-electron chi connectivity index (χ4n) is 4.93. The van der Waals surface area contributed by atoms with Gasteiger partial charge in [0.1, 0.15) is 47.9 Å². The molecule has 23 nitrogen and oxygen atoms in total. The molecule has 0 aliphatic carbocycles. The van der Waals surface area contributed by atoms with Crippen LogP contribution in [0.1, 0.15) is 12.5 Å². The van der Waals surface area contributed by atoms with Crippen LogP contribution in [0.3, 0.4) is 0 Å². The molecule has 6 rings (SSSR count). The van der Waals surface area contributed by atoms with E-state index in [1.165, 1.54) is 31.4 Å². The van der Waals surface area contributed by atoms with Crippen molar-refractivity contribution in [2.75, 3.05) is 50.1 Å². The van der Waals surface area contributed by atoms with Crippen LogP contribution >= 0.6 is 8.38 Å². The van der Waals surface area contributed by atoms with Crippen LogP contribution in [0.5, 0.6) is 0 Å². The van der Waals surface area contributed by atoms with Crippen molar-refractivity contribution in [2.24, 2.45) is 0 Å². The van der Waals surface area contributed by atoms with Gasteiger partial charge < -0.3 is 67.2 Å². The van der Waals surface area contributed by atoms with E-state index < -0.39 is 64.0 Å². The topological polar surface area (TPSA) is 348 Å². The van der Waals surface area contributed by atoms with Crippen molar-refractivity contribution in [3.05, 3.63) is 12.7 Å². The van der Waals surface area contributed by atoms with Gasteiger partial charge in [-0.1, -0.05) is 0 Å². The molecule has 3 unspecified atom stereocenters. The zero-order chi connectivity index (χ0) is 33.3. The monoisotopic (exact) mass is 672 g/mol. The predicted octanol–water partition coefficient (Wildman–Crippen LogP) is -3.32. The van der Waals surface area contributed by atoms with Crippen LogP contribution in [-0.2, 0) is 28.5 Å². The molecule has 0 spiro atoms. The predicted molar refractivity (Wildman–Crippen MR) is 155 cm³/mol. The highest BCUT2D eigenvalue weighted by atomic mass is 31.2. The van der Waals surface area contributed by atoms with Crippen molar-refractivity contribution in [1.29, 1.82) is 0 Å². The van der Waals surface area contributed by atoms with Crippen LogP contribution in [-0.4, -0.2) is 128 Å². The number of hydrogen-bond donors (Lipinski definition) is 9. The third-order valence-electron chi connectivity index (χ3n) is 7.03. The second kappa shape index (κ2) is 14.0. The molecule has 0 saturated carbocycles. The summed E-state index contributed by atoms with van der Waals surface area (Å²) in [6.45, 7) is -0.330. The lowest BCUT2D eigenvalue weighted by atomic mass is 10.1. The fraction of sp³-hybridized carbons (Fsp3) is 0.545. The summed E-state index contributed by atoms with van der Waals surface area (Å²) in [6, 6.07) is 0. The van der Waals surface area contributed by atoms with Crippen molar-refractivity contribution in [1.82, 2.24) is 39.0 Å². The van der Waals surface area contributed by atoms with Crippen LogP contribution in [0, 0.1) is 0 Å². The average Bonchev–Trinajstić information content (AvgIpc) is 3.79. The Balaban J connectivity index is 0.000000184. The number of aliphatic hydroxyl groups is 4. The molecule has 0 bridgehead atoms. The Labute approximate surface area is 259 Å². The van der Waals surface area contributed by atoms with Gasteiger partial charge in [0.05, 0.1) is 19.3 Å². The first-order valence-corrected chi connectivity index (χ1v) is 14.7. The number of ether oxygens (including phenoxy) is 4. The summed E-state index contributed by atoms with van der Waals surface area (Å²) in [5.74, 6) is 0.207. The van der Waals surface area contributed by atoms with Gasteiger partial charge in [-0.15, -0.1) is 0 Å². The molecule has 24 heteroatoms. The first-order valence-electron chi connectivity index (χ1n) is 13.3. The highest BCUT2D eigenvalue weighted by Crippen LogP contribution is 2.38. The van der Waals surface area contributed by atoms with Crippen molar-refractivity contribution in [3.8, 4) is 0 Å². The van der Waals surface area contributed by atoms with Crippen LogP contribution in [0.15, 0.2) is 12.7 Å². The molecule has 252 valence electrons. The molecule has 9 atom stereocenters. The Morgan fingerprint density at radius 3 is 1.78 bits per heavy atom. The third kappa shape index (κ3) is 6.31. The summed E-state index contributed by atoms with van der Waals surface area (Å²) in [7, 11) is 0.618. The number of aliphatic hydroxyl groups excluding tert-OH is 4. The summed E-state index contributed by atoms with van der Waals surface area (Å²) < 4.78 is 29.3. The Morgan fingerprint density at radius 1 is 0.804 bits per heavy atom. The van der Waals surface area contributed by atoms with Crippen LogP contribution < -0.4 is 22.9 Å². The molecule has 6 heterocycles. The van der Waals surface area contributed by atoms with Crippen LogP contribution in [0.25, 0.3) is 22.3 Å². The molecule has 13 N–H and O–H groups in total. The van der Waals surface area contributed by atoms with E-state index in [0.29, 0.717) is 16.7 Å². The summed E-state index contributed by atoms with van der Waals surface area (Å²) >= 11 is 0. The standard InChI is InChI=1S/C11H17N6O7P.C11H16N6O4/c1-21-6-5(19)10(23-24-25(20)3-18)22-9(6)17-2-14-4-7(12)15-11(13)16-8(4)17;1-20-7-6(19)4(2-18)21-10(7)17-3-14-5-8(12)15-11(13)16-9(5)17/h2,5-6,9-10,18-20H,3H2,1H3,(H4,12,13,15,16);3-4,6-7,10,18-19H,2H2,1H3,(H4,12,13,15,16)/t5-,6?,9-,10-,25?;4-,6+,7?,10-/m11/s1. The molecular formula is C22H33N12O11P. The minimum Gasteiger partial charge on any atom is -0.394 e. The van der Waals surface area contributed by atoms with Crippen LogP contribution in [0.2, 0.25) is 0 Å². The summed E-state index contributed by atoms with van der Waals surface area (Å²) in [5, 5.41) is 38.3. The molecule has 0 radical (unpaired) electrons. The fourth-order valence-corrected chi connectivity index (χ4v) is 5.16. The number of hydrogen-bond acceptors (Lipinski definition) is 21. The molecule has 4 aromatic rings. The first-order chi connectivity index (χ1) is 22.0. The molecule has 2 aliphatic heterocycles. The van der Waals surface area contributed by atoms with Gasteiger partial charge in [0.15, 0.2) is 35.4 Å². The molecule has 0 aromatic carbocycles. The maximum atomic E-state index is 10.3. The zero-order valence-electron chi connectivity index (χ0n) is 24.2. The van der Waals surface area contributed by atoms with Gasteiger partial charge in [-0.3, -0.25) is 9.13 Å². The number of nitrogens with two attached hydrogens (primary N) is 4. The molecular weight excluding hydrogens is 639 g/mol. The highest BCUT2D eigenvalue weighted by Gasteiger charge is 2.48. The second-order valence-corrected chi connectivity index (χ2v) is 10.9. The molecule has 46 heavy (non-hydrogen) atoms. The summed E-state index contributed by atoms with van der Waals surface area (Å²) in [5.41, 5.74) is 24.1. The van der Waals surface area contributed by atoms with E-state index in [2.05, 4.69) is 34.6 Å². The van der Waals surface area contributed by atoms with Crippen molar-refractivity contribution in [2.45, 2.75) is 49.3 Å².